The number of benzene rings is 3. The third-order valence-corrected chi connectivity index (χ3v) is 4.77. The number of rotatable bonds is 3. The second-order valence-electron chi connectivity index (χ2n) is 6.38. The largest absolute Gasteiger partial charge is 0.450 e. The molecule has 0 fully saturated rings. The van der Waals surface area contributed by atoms with Crippen molar-refractivity contribution in [3.63, 3.8) is 0 Å². The second kappa shape index (κ2) is 6.56. The van der Waals surface area contributed by atoms with Crippen LogP contribution in [0.3, 0.4) is 0 Å². The fourth-order valence-corrected chi connectivity index (χ4v) is 3.34. The fourth-order valence-electron chi connectivity index (χ4n) is 3.09. The molecular weight excluding hydrogens is 365 g/mol. The van der Waals surface area contributed by atoms with Gasteiger partial charge in [0.15, 0.2) is 5.76 Å². The molecular formula is C22H15ClFNO2. The predicted octanol–water partition coefficient (Wildman–Crippen LogP) is 6.01. The highest BCUT2D eigenvalue weighted by Gasteiger charge is 2.22. The molecule has 5 heteroatoms. The fraction of sp³-hybridized carbons (Fsp3) is 0.0455. The predicted molar refractivity (Wildman–Crippen MR) is 106 cm³/mol. The molecule has 0 aliphatic heterocycles. The van der Waals surface area contributed by atoms with E-state index in [9.17, 15) is 9.18 Å². The smallest absolute Gasteiger partial charge is 0.231 e. The standard InChI is InChI=1S/C22H15ClFNO2/c1-12-3-2-4-13(9-12)14-5-7-17-19(10-14)27-22(20(17)25)21(26)16-8-6-15(24)11-18(16)23/h2-11H,25H2,1H3. The van der Waals surface area contributed by atoms with Crippen molar-refractivity contribution >= 4 is 34.0 Å². The Balaban J connectivity index is 1.81. The summed E-state index contributed by atoms with van der Waals surface area (Å²) in [6, 6.07) is 17.3. The van der Waals surface area contributed by atoms with E-state index < -0.39 is 11.6 Å². The number of halogens is 2. The van der Waals surface area contributed by atoms with E-state index in [4.69, 9.17) is 21.8 Å². The van der Waals surface area contributed by atoms with Crippen LogP contribution in [0.15, 0.2) is 65.1 Å². The molecule has 0 unspecified atom stereocenters. The molecule has 0 aliphatic carbocycles. The first-order chi connectivity index (χ1) is 12.9. The van der Waals surface area contributed by atoms with Crippen molar-refractivity contribution in [2.45, 2.75) is 6.92 Å². The van der Waals surface area contributed by atoms with Gasteiger partial charge < -0.3 is 10.2 Å². The van der Waals surface area contributed by atoms with Crippen LogP contribution < -0.4 is 5.73 Å². The number of fused-ring (bicyclic) bond motifs is 1. The molecule has 0 aliphatic rings. The van der Waals surface area contributed by atoms with Gasteiger partial charge >= 0.3 is 0 Å². The highest BCUT2D eigenvalue weighted by Crippen LogP contribution is 2.34. The maximum absolute atomic E-state index is 13.3. The van der Waals surface area contributed by atoms with Crippen molar-refractivity contribution in [1.29, 1.82) is 0 Å². The van der Waals surface area contributed by atoms with Gasteiger partial charge in [-0.15, -0.1) is 0 Å². The van der Waals surface area contributed by atoms with Crippen LogP contribution in [0.25, 0.3) is 22.1 Å². The highest BCUT2D eigenvalue weighted by atomic mass is 35.5. The van der Waals surface area contributed by atoms with Gasteiger partial charge in [0.2, 0.25) is 5.78 Å². The normalized spacial score (nSPS) is 11.1. The number of ketones is 1. The maximum Gasteiger partial charge on any atom is 0.231 e. The topological polar surface area (TPSA) is 56.2 Å². The molecule has 4 aromatic rings. The molecule has 0 radical (unpaired) electrons. The summed E-state index contributed by atoms with van der Waals surface area (Å²) in [4.78, 5) is 12.8. The number of hydrogen-bond acceptors (Lipinski definition) is 3. The first kappa shape index (κ1) is 17.3. The van der Waals surface area contributed by atoms with Crippen molar-refractivity contribution in [3.05, 3.63) is 88.4 Å². The summed E-state index contributed by atoms with van der Waals surface area (Å²) in [6.45, 7) is 2.02. The van der Waals surface area contributed by atoms with Crippen LogP contribution in [0.1, 0.15) is 21.7 Å². The summed E-state index contributed by atoms with van der Waals surface area (Å²) in [7, 11) is 0. The van der Waals surface area contributed by atoms with Crippen molar-refractivity contribution in [2.24, 2.45) is 0 Å². The number of furan rings is 1. The molecule has 0 saturated heterocycles. The first-order valence-electron chi connectivity index (χ1n) is 8.33. The van der Waals surface area contributed by atoms with E-state index in [1.807, 2.05) is 43.3 Å². The Labute approximate surface area is 160 Å². The molecule has 0 saturated carbocycles. The SMILES string of the molecule is Cc1cccc(-c2ccc3c(N)c(C(=O)c4ccc(F)cc4Cl)oc3c2)c1. The van der Waals surface area contributed by atoms with Crippen LogP contribution in [0, 0.1) is 12.7 Å². The van der Waals surface area contributed by atoms with Crippen LogP contribution in [-0.2, 0) is 0 Å². The summed E-state index contributed by atoms with van der Waals surface area (Å²) < 4.78 is 19.0. The van der Waals surface area contributed by atoms with Gasteiger partial charge in [-0.2, -0.15) is 0 Å². The van der Waals surface area contributed by atoms with E-state index >= 15 is 0 Å². The molecule has 0 bridgehead atoms. The summed E-state index contributed by atoms with van der Waals surface area (Å²) in [5.41, 5.74) is 10.2. The molecule has 3 nitrogen and oxygen atoms in total. The molecule has 1 heterocycles. The van der Waals surface area contributed by atoms with E-state index in [0.717, 1.165) is 22.8 Å². The van der Waals surface area contributed by atoms with Crippen LogP contribution >= 0.6 is 11.6 Å². The molecule has 27 heavy (non-hydrogen) atoms. The Morgan fingerprint density at radius 2 is 1.81 bits per heavy atom. The lowest BCUT2D eigenvalue weighted by Gasteiger charge is -2.02. The monoisotopic (exact) mass is 379 g/mol. The van der Waals surface area contributed by atoms with Gasteiger partial charge in [-0.3, -0.25) is 4.79 Å². The minimum Gasteiger partial charge on any atom is -0.450 e. The molecule has 134 valence electrons. The van der Waals surface area contributed by atoms with E-state index in [2.05, 4.69) is 6.07 Å². The maximum atomic E-state index is 13.3. The average Bonchev–Trinajstić information content (AvgIpc) is 2.97. The van der Waals surface area contributed by atoms with E-state index in [-0.39, 0.29) is 22.0 Å². The van der Waals surface area contributed by atoms with Crippen LogP contribution in [0.2, 0.25) is 5.02 Å². The number of nitrogen functional groups attached to an aromatic ring is 1. The van der Waals surface area contributed by atoms with Gasteiger partial charge in [-0.25, -0.2) is 4.39 Å². The molecule has 0 amide bonds. The lowest BCUT2D eigenvalue weighted by Crippen LogP contribution is -2.04. The van der Waals surface area contributed by atoms with Crippen LogP contribution in [0.4, 0.5) is 10.1 Å². The molecule has 3 aromatic carbocycles. The number of carbonyl (C=O) groups is 1. The van der Waals surface area contributed by atoms with Crippen LogP contribution in [0.5, 0.6) is 0 Å². The zero-order chi connectivity index (χ0) is 19.1. The first-order valence-corrected chi connectivity index (χ1v) is 8.70. The minimum absolute atomic E-state index is 0.0000922. The van der Waals surface area contributed by atoms with Gasteiger partial charge in [-0.05, 0) is 48.4 Å². The van der Waals surface area contributed by atoms with Gasteiger partial charge in [0.1, 0.15) is 11.4 Å². The average molecular weight is 380 g/mol. The molecule has 0 spiro atoms. The second-order valence-corrected chi connectivity index (χ2v) is 6.79. The van der Waals surface area contributed by atoms with Crippen molar-refractivity contribution < 1.29 is 13.6 Å². The molecule has 4 rings (SSSR count). The summed E-state index contributed by atoms with van der Waals surface area (Å²) in [5, 5.41) is 0.660. The van der Waals surface area contributed by atoms with Gasteiger partial charge in [0.25, 0.3) is 0 Å². The quantitative estimate of drug-likeness (QED) is 0.443. The number of hydrogen-bond donors (Lipinski definition) is 1. The van der Waals surface area contributed by atoms with E-state index in [1.165, 1.54) is 12.1 Å². The Bertz CT molecular complexity index is 1200. The molecule has 2 N–H and O–H groups in total. The van der Waals surface area contributed by atoms with Gasteiger partial charge in [0, 0.05) is 10.9 Å². The number of aryl methyl sites for hydroxylation is 1. The Hall–Kier alpha value is -3.11. The molecule has 1 aromatic heterocycles. The van der Waals surface area contributed by atoms with Crippen molar-refractivity contribution in [3.8, 4) is 11.1 Å². The van der Waals surface area contributed by atoms with E-state index in [0.29, 0.717) is 11.0 Å². The van der Waals surface area contributed by atoms with Gasteiger partial charge in [-0.1, -0.05) is 47.5 Å². The number of nitrogens with two attached hydrogens (primary N) is 1. The number of anilines is 1. The van der Waals surface area contributed by atoms with Crippen LogP contribution in [-0.4, -0.2) is 5.78 Å². The minimum atomic E-state index is -0.517. The Morgan fingerprint density at radius 1 is 1.04 bits per heavy atom. The highest BCUT2D eigenvalue weighted by molar-refractivity contribution is 6.35. The third kappa shape index (κ3) is 3.09. The lowest BCUT2D eigenvalue weighted by molar-refractivity contribution is 0.101. The lowest BCUT2D eigenvalue weighted by atomic mass is 10.0. The van der Waals surface area contributed by atoms with Crippen molar-refractivity contribution in [2.75, 3.05) is 5.73 Å². The zero-order valence-electron chi connectivity index (χ0n) is 14.4. The summed E-state index contributed by atoms with van der Waals surface area (Å²) in [5.74, 6) is -0.998. The Morgan fingerprint density at radius 3 is 2.56 bits per heavy atom. The Kier molecular flexibility index (Phi) is 4.21. The van der Waals surface area contributed by atoms with E-state index in [1.54, 1.807) is 0 Å². The van der Waals surface area contributed by atoms with Crippen molar-refractivity contribution in [1.82, 2.24) is 0 Å². The third-order valence-electron chi connectivity index (χ3n) is 4.46. The zero-order valence-corrected chi connectivity index (χ0v) is 15.2. The summed E-state index contributed by atoms with van der Waals surface area (Å²) in [6.07, 6.45) is 0. The molecule has 0 atom stereocenters. The number of carbonyl (C=O) groups excluding carboxylic acids is 1. The summed E-state index contributed by atoms with van der Waals surface area (Å²) >= 11 is 6.00. The van der Waals surface area contributed by atoms with Gasteiger partial charge in [0.05, 0.1) is 10.7 Å².